The fraction of sp³-hybridized carbons (Fsp3) is 0.462. The third kappa shape index (κ3) is 1.06. The van der Waals surface area contributed by atoms with Crippen molar-refractivity contribution in [2.45, 2.75) is 37.9 Å². The van der Waals surface area contributed by atoms with Gasteiger partial charge in [-0.1, -0.05) is 31.5 Å². The van der Waals surface area contributed by atoms with Gasteiger partial charge in [0.25, 0.3) is 0 Å². The van der Waals surface area contributed by atoms with E-state index in [-0.39, 0.29) is 12.1 Å². The third-order valence-corrected chi connectivity index (χ3v) is 3.39. The molecule has 1 aromatic rings. The summed E-state index contributed by atoms with van der Waals surface area (Å²) in [6.45, 7) is 2.11. The highest BCUT2D eigenvalue weighted by Gasteiger charge is 2.65. The summed E-state index contributed by atoms with van der Waals surface area (Å²) in [7, 11) is 0. The molecule has 2 atom stereocenters. The standard InChI is InChI=1S/C13H14O3/c1-2-3-8-13-11(15-12(13)14)9-6-4-5-7-10(9)16-13/h4-7,11H,2-3,8H2,1H3. The zero-order valence-corrected chi connectivity index (χ0v) is 9.23. The molecule has 2 unspecified atom stereocenters. The van der Waals surface area contributed by atoms with Crippen LogP contribution in [0, 0.1) is 0 Å². The molecule has 1 fully saturated rings. The number of para-hydroxylation sites is 1. The van der Waals surface area contributed by atoms with E-state index in [1.54, 1.807) is 0 Å². The van der Waals surface area contributed by atoms with Crippen LogP contribution in [0.25, 0.3) is 0 Å². The monoisotopic (exact) mass is 218 g/mol. The van der Waals surface area contributed by atoms with E-state index in [4.69, 9.17) is 9.47 Å². The van der Waals surface area contributed by atoms with Crippen LogP contribution >= 0.6 is 0 Å². The lowest BCUT2D eigenvalue weighted by Gasteiger charge is -2.40. The van der Waals surface area contributed by atoms with Gasteiger partial charge in [-0.15, -0.1) is 0 Å². The molecular weight excluding hydrogens is 204 g/mol. The van der Waals surface area contributed by atoms with Crippen LogP contribution in [-0.2, 0) is 9.53 Å². The summed E-state index contributed by atoms with van der Waals surface area (Å²) in [5.41, 5.74) is 0.304. The number of hydrogen-bond donors (Lipinski definition) is 0. The summed E-state index contributed by atoms with van der Waals surface area (Å²) in [6.07, 6.45) is 2.62. The maximum atomic E-state index is 11.7. The van der Waals surface area contributed by atoms with Gasteiger partial charge in [-0.3, -0.25) is 0 Å². The number of carbonyl (C=O) groups excluding carboxylic acids is 1. The Labute approximate surface area is 94.4 Å². The minimum atomic E-state index is -0.709. The van der Waals surface area contributed by atoms with Gasteiger partial charge in [0.1, 0.15) is 5.75 Å². The van der Waals surface area contributed by atoms with Crippen molar-refractivity contribution in [3.63, 3.8) is 0 Å². The molecule has 2 aliphatic rings. The highest BCUT2D eigenvalue weighted by atomic mass is 16.7. The Balaban J connectivity index is 1.94. The lowest BCUT2D eigenvalue weighted by molar-refractivity contribution is -0.217. The Hall–Kier alpha value is -1.51. The second kappa shape index (κ2) is 3.24. The van der Waals surface area contributed by atoms with Gasteiger partial charge in [-0.2, -0.15) is 0 Å². The molecule has 84 valence electrons. The minimum Gasteiger partial charge on any atom is -0.471 e. The lowest BCUT2D eigenvalue weighted by Crippen LogP contribution is -2.57. The fourth-order valence-electron chi connectivity index (χ4n) is 2.47. The Morgan fingerprint density at radius 1 is 1.38 bits per heavy atom. The van der Waals surface area contributed by atoms with Crippen molar-refractivity contribution in [1.29, 1.82) is 0 Å². The van der Waals surface area contributed by atoms with Crippen molar-refractivity contribution in [3.05, 3.63) is 29.8 Å². The summed E-state index contributed by atoms with van der Waals surface area (Å²) < 4.78 is 11.1. The van der Waals surface area contributed by atoms with Crippen LogP contribution in [0.1, 0.15) is 37.9 Å². The van der Waals surface area contributed by atoms with E-state index in [9.17, 15) is 4.79 Å². The van der Waals surface area contributed by atoms with Crippen molar-refractivity contribution in [3.8, 4) is 5.75 Å². The molecular formula is C13H14O3. The molecule has 0 N–H and O–H groups in total. The fourth-order valence-corrected chi connectivity index (χ4v) is 2.47. The van der Waals surface area contributed by atoms with Gasteiger partial charge in [0.15, 0.2) is 6.10 Å². The number of ether oxygens (including phenoxy) is 2. The van der Waals surface area contributed by atoms with E-state index in [0.717, 1.165) is 30.6 Å². The van der Waals surface area contributed by atoms with E-state index in [0.29, 0.717) is 0 Å². The molecule has 0 bridgehead atoms. The van der Waals surface area contributed by atoms with Crippen molar-refractivity contribution in [2.24, 2.45) is 0 Å². The average Bonchev–Trinajstić information content (AvgIpc) is 2.57. The minimum absolute atomic E-state index is 0.178. The van der Waals surface area contributed by atoms with Crippen LogP contribution in [0.5, 0.6) is 5.75 Å². The first kappa shape index (κ1) is 9.70. The predicted molar refractivity (Wildman–Crippen MR) is 58.2 cm³/mol. The van der Waals surface area contributed by atoms with Gasteiger partial charge in [0.05, 0.1) is 0 Å². The second-order valence-corrected chi connectivity index (χ2v) is 4.42. The summed E-state index contributed by atoms with van der Waals surface area (Å²) in [5, 5.41) is 0. The van der Waals surface area contributed by atoms with Gasteiger partial charge < -0.3 is 9.47 Å². The molecule has 0 saturated carbocycles. The first-order valence-electron chi connectivity index (χ1n) is 5.77. The molecule has 0 amide bonds. The first-order chi connectivity index (χ1) is 7.78. The van der Waals surface area contributed by atoms with Crippen LogP contribution in [0.3, 0.4) is 0 Å². The lowest BCUT2D eigenvalue weighted by atomic mass is 9.84. The molecule has 1 aromatic carbocycles. The molecule has 0 radical (unpaired) electrons. The number of fused-ring (bicyclic) bond motifs is 3. The maximum absolute atomic E-state index is 11.7. The highest BCUT2D eigenvalue weighted by molar-refractivity contribution is 5.89. The summed E-state index contributed by atoms with van der Waals surface area (Å²) in [4.78, 5) is 11.7. The van der Waals surface area contributed by atoms with Crippen LogP contribution in [0.15, 0.2) is 24.3 Å². The Morgan fingerprint density at radius 2 is 2.19 bits per heavy atom. The predicted octanol–water partition coefficient (Wildman–Crippen LogP) is 2.61. The number of esters is 1. The van der Waals surface area contributed by atoms with Crippen molar-refractivity contribution < 1.29 is 14.3 Å². The van der Waals surface area contributed by atoms with Crippen molar-refractivity contribution in [2.75, 3.05) is 0 Å². The Kier molecular flexibility index (Phi) is 1.96. The van der Waals surface area contributed by atoms with Gasteiger partial charge in [-0.25, -0.2) is 4.79 Å². The molecule has 1 saturated heterocycles. The van der Waals surface area contributed by atoms with E-state index >= 15 is 0 Å². The molecule has 2 heterocycles. The summed E-state index contributed by atoms with van der Waals surface area (Å²) in [5.74, 6) is 0.594. The van der Waals surface area contributed by atoms with E-state index in [2.05, 4.69) is 6.92 Å². The second-order valence-electron chi connectivity index (χ2n) is 4.42. The molecule has 0 aliphatic carbocycles. The zero-order chi connectivity index (χ0) is 11.2. The number of carbonyl (C=O) groups is 1. The van der Waals surface area contributed by atoms with E-state index in [1.165, 1.54) is 0 Å². The van der Waals surface area contributed by atoms with Gasteiger partial charge in [-0.05, 0) is 12.5 Å². The summed E-state index contributed by atoms with van der Waals surface area (Å²) in [6, 6.07) is 7.74. The van der Waals surface area contributed by atoms with Crippen molar-refractivity contribution in [1.82, 2.24) is 0 Å². The number of benzene rings is 1. The van der Waals surface area contributed by atoms with E-state index < -0.39 is 5.60 Å². The molecule has 0 spiro atoms. The SMILES string of the molecule is CCCCC12Oc3ccccc3C1OC2=O. The van der Waals surface area contributed by atoms with Crippen LogP contribution in [0.4, 0.5) is 0 Å². The zero-order valence-electron chi connectivity index (χ0n) is 9.23. The van der Waals surface area contributed by atoms with E-state index in [1.807, 2.05) is 24.3 Å². The van der Waals surface area contributed by atoms with Gasteiger partial charge in [0, 0.05) is 12.0 Å². The highest BCUT2D eigenvalue weighted by Crippen LogP contribution is 2.54. The third-order valence-electron chi connectivity index (χ3n) is 3.39. The molecule has 3 nitrogen and oxygen atoms in total. The van der Waals surface area contributed by atoms with Crippen LogP contribution in [-0.4, -0.2) is 11.6 Å². The largest absolute Gasteiger partial charge is 0.471 e. The van der Waals surface area contributed by atoms with Crippen LogP contribution < -0.4 is 4.74 Å². The topological polar surface area (TPSA) is 35.5 Å². The first-order valence-corrected chi connectivity index (χ1v) is 5.77. The quantitative estimate of drug-likeness (QED) is 0.731. The van der Waals surface area contributed by atoms with Gasteiger partial charge >= 0.3 is 5.97 Å². The molecule has 3 heteroatoms. The molecule has 3 rings (SSSR count). The molecule has 16 heavy (non-hydrogen) atoms. The Morgan fingerprint density at radius 3 is 2.94 bits per heavy atom. The average molecular weight is 218 g/mol. The Bertz CT molecular complexity index is 441. The number of hydrogen-bond acceptors (Lipinski definition) is 3. The number of rotatable bonds is 3. The molecule has 2 aliphatic heterocycles. The van der Waals surface area contributed by atoms with Gasteiger partial charge in [0.2, 0.25) is 5.60 Å². The number of unbranched alkanes of at least 4 members (excludes halogenated alkanes) is 1. The van der Waals surface area contributed by atoms with Crippen LogP contribution in [0.2, 0.25) is 0 Å². The van der Waals surface area contributed by atoms with Crippen molar-refractivity contribution >= 4 is 5.97 Å². The summed E-state index contributed by atoms with van der Waals surface area (Å²) >= 11 is 0. The smallest absolute Gasteiger partial charge is 0.355 e. The normalized spacial score (nSPS) is 29.8. The maximum Gasteiger partial charge on any atom is 0.355 e. The molecule has 0 aromatic heterocycles.